The van der Waals surface area contributed by atoms with Crippen molar-refractivity contribution in [2.75, 3.05) is 48.8 Å². The summed E-state index contributed by atoms with van der Waals surface area (Å²) in [7, 11) is 2.15. The molecule has 0 unspecified atom stereocenters. The van der Waals surface area contributed by atoms with E-state index in [9.17, 15) is 10.1 Å². The molecule has 2 heterocycles. The number of likely N-dealkylation sites (N-methyl/N-ethyl adjacent to an activating group) is 1. The van der Waals surface area contributed by atoms with Crippen molar-refractivity contribution in [2.45, 2.75) is 0 Å². The van der Waals surface area contributed by atoms with Crippen molar-refractivity contribution < 1.29 is 4.79 Å². The summed E-state index contributed by atoms with van der Waals surface area (Å²) >= 11 is 0. The average molecular weight is 490 g/mol. The molecule has 1 aliphatic rings. The minimum absolute atomic E-state index is 0.318. The maximum absolute atomic E-state index is 11.8. The minimum atomic E-state index is -0.318. The van der Waals surface area contributed by atoms with E-state index in [0.29, 0.717) is 28.3 Å². The Bertz CT molecular complexity index is 1500. The van der Waals surface area contributed by atoms with Gasteiger partial charge in [0, 0.05) is 66.0 Å². The number of piperazine rings is 1. The highest BCUT2D eigenvalue weighted by Crippen LogP contribution is 2.32. The van der Waals surface area contributed by atoms with Gasteiger partial charge in [-0.2, -0.15) is 5.26 Å². The number of hydrogen-bond acceptors (Lipinski definition) is 7. The molecular weight excluding hydrogens is 462 g/mol. The van der Waals surface area contributed by atoms with Crippen LogP contribution in [0.1, 0.15) is 5.56 Å². The fourth-order valence-corrected chi connectivity index (χ4v) is 4.42. The molecule has 3 aromatic carbocycles. The van der Waals surface area contributed by atoms with E-state index in [2.05, 4.69) is 57.2 Å². The van der Waals surface area contributed by atoms with Gasteiger partial charge < -0.3 is 20.4 Å². The maximum Gasteiger partial charge on any atom is 0.247 e. The van der Waals surface area contributed by atoms with Crippen LogP contribution < -0.4 is 15.5 Å². The van der Waals surface area contributed by atoms with Gasteiger partial charge in [-0.05, 0) is 55.6 Å². The molecule has 0 bridgehead atoms. The largest absolute Gasteiger partial charge is 0.369 e. The topological polar surface area (TPSA) is 97.2 Å². The molecule has 0 aliphatic carbocycles. The Morgan fingerprint density at radius 2 is 1.78 bits per heavy atom. The summed E-state index contributed by atoms with van der Waals surface area (Å²) in [5, 5.41) is 16.7. The quantitative estimate of drug-likeness (QED) is 0.376. The van der Waals surface area contributed by atoms with E-state index in [1.165, 1.54) is 11.8 Å². The fraction of sp³-hybridized carbons (Fsp3) is 0.172. The van der Waals surface area contributed by atoms with Gasteiger partial charge in [-0.3, -0.25) is 4.79 Å². The molecule has 2 N–H and O–H groups in total. The van der Waals surface area contributed by atoms with Gasteiger partial charge in [-0.1, -0.05) is 24.8 Å². The zero-order chi connectivity index (χ0) is 25.8. The molecule has 1 saturated heterocycles. The predicted octanol–water partition coefficient (Wildman–Crippen LogP) is 4.79. The number of carbonyl (C=O) groups excluding carboxylic acids is 1. The number of carbonyl (C=O) groups is 1. The third kappa shape index (κ3) is 5.27. The number of para-hydroxylation sites is 1. The summed E-state index contributed by atoms with van der Waals surface area (Å²) in [5.41, 5.74) is 5.31. The summed E-state index contributed by atoms with van der Waals surface area (Å²) in [6, 6.07) is 21.5. The number of fused-ring (bicyclic) bond motifs is 1. The number of anilines is 4. The van der Waals surface area contributed by atoms with Crippen LogP contribution in [0.2, 0.25) is 0 Å². The zero-order valence-corrected chi connectivity index (χ0v) is 20.6. The Balaban J connectivity index is 1.45. The number of aromatic nitrogens is 2. The lowest BCUT2D eigenvalue weighted by Gasteiger charge is -2.34. The molecule has 1 aliphatic heterocycles. The van der Waals surface area contributed by atoms with E-state index >= 15 is 0 Å². The zero-order valence-electron chi connectivity index (χ0n) is 20.6. The summed E-state index contributed by atoms with van der Waals surface area (Å²) < 4.78 is 0. The number of hydrogen-bond donors (Lipinski definition) is 2. The number of nitriles is 1. The second-order valence-corrected chi connectivity index (χ2v) is 8.96. The highest BCUT2D eigenvalue weighted by molar-refractivity contribution is 6.00. The Morgan fingerprint density at radius 1 is 1.03 bits per heavy atom. The van der Waals surface area contributed by atoms with Gasteiger partial charge in [0.1, 0.15) is 0 Å². The van der Waals surface area contributed by atoms with E-state index < -0.39 is 0 Å². The summed E-state index contributed by atoms with van der Waals surface area (Å²) in [5.74, 6) is 0.142. The minimum Gasteiger partial charge on any atom is -0.369 e. The molecule has 0 saturated carbocycles. The smallest absolute Gasteiger partial charge is 0.247 e. The fourth-order valence-electron chi connectivity index (χ4n) is 4.42. The van der Waals surface area contributed by atoms with Crippen LogP contribution in [0.3, 0.4) is 0 Å². The predicted molar refractivity (Wildman–Crippen MR) is 148 cm³/mol. The summed E-state index contributed by atoms with van der Waals surface area (Å²) in [6.45, 7) is 7.65. The number of nitrogens with zero attached hydrogens (tertiary/aromatic N) is 5. The van der Waals surface area contributed by atoms with Crippen LogP contribution >= 0.6 is 0 Å². The van der Waals surface area contributed by atoms with Crippen LogP contribution in [0.5, 0.6) is 0 Å². The molecule has 0 atom stereocenters. The third-order valence-corrected chi connectivity index (χ3v) is 6.49. The maximum atomic E-state index is 11.8. The first-order chi connectivity index (χ1) is 18.0. The molecular formula is C29H27N7O. The van der Waals surface area contributed by atoms with Gasteiger partial charge in [-0.15, -0.1) is 0 Å². The molecule has 8 nitrogen and oxygen atoms in total. The van der Waals surface area contributed by atoms with E-state index in [1.54, 1.807) is 24.4 Å². The van der Waals surface area contributed by atoms with Gasteiger partial charge in [0.05, 0.1) is 17.1 Å². The van der Waals surface area contributed by atoms with Gasteiger partial charge in [0.15, 0.2) is 0 Å². The monoisotopic (exact) mass is 489 g/mol. The van der Waals surface area contributed by atoms with Crippen LogP contribution in [0, 0.1) is 11.3 Å². The normalized spacial score (nSPS) is 13.7. The molecule has 37 heavy (non-hydrogen) atoms. The number of nitrogens with one attached hydrogen (secondary N) is 2. The van der Waals surface area contributed by atoms with Crippen molar-refractivity contribution in [3.05, 3.63) is 85.1 Å². The van der Waals surface area contributed by atoms with E-state index in [1.807, 2.05) is 30.3 Å². The highest BCUT2D eigenvalue weighted by atomic mass is 16.1. The molecule has 0 spiro atoms. The first kappa shape index (κ1) is 24.0. The summed E-state index contributed by atoms with van der Waals surface area (Å²) in [6.07, 6.45) is 2.97. The third-order valence-electron chi connectivity index (χ3n) is 6.49. The number of amides is 1. The van der Waals surface area contributed by atoms with Gasteiger partial charge in [-0.25, -0.2) is 9.97 Å². The van der Waals surface area contributed by atoms with Crippen molar-refractivity contribution in [3.8, 4) is 17.2 Å². The lowest BCUT2D eigenvalue weighted by molar-refractivity contribution is -0.111. The molecule has 1 fully saturated rings. The van der Waals surface area contributed by atoms with E-state index in [-0.39, 0.29) is 5.91 Å². The van der Waals surface area contributed by atoms with Crippen LogP contribution in [-0.4, -0.2) is 54.0 Å². The lowest BCUT2D eigenvalue weighted by atomic mass is 9.97. The van der Waals surface area contributed by atoms with Crippen molar-refractivity contribution in [1.29, 1.82) is 5.26 Å². The average Bonchev–Trinajstić information content (AvgIpc) is 2.93. The Hall–Kier alpha value is -4.74. The first-order valence-corrected chi connectivity index (χ1v) is 12.1. The second kappa shape index (κ2) is 10.5. The van der Waals surface area contributed by atoms with E-state index in [4.69, 9.17) is 4.98 Å². The SMILES string of the molecule is C=CC(=O)Nc1ccc(C#N)c(-c2cccc3cnc(Nc4ccc(N5CCN(C)CC5)cc4)nc23)c1. The first-order valence-electron chi connectivity index (χ1n) is 12.1. The standard InChI is InChI=1S/C29H27N7O/c1-3-27(37)32-23-8-7-20(18-30)26(17-23)25-6-4-5-21-19-31-29(34-28(21)25)33-22-9-11-24(12-10-22)36-15-13-35(2)14-16-36/h3-12,17,19H,1,13-16H2,2H3,(H,32,37)(H,31,33,34). The van der Waals surface area contributed by atoms with Gasteiger partial charge >= 0.3 is 0 Å². The second-order valence-electron chi connectivity index (χ2n) is 8.96. The Morgan fingerprint density at radius 3 is 2.51 bits per heavy atom. The highest BCUT2D eigenvalue weighted by Gasteiger charge is 2.15. The van der Waals surface area contributed by atoms with E-state index in [0.717, 1.165) is 42.8 Å². The van der Waals surface area contributed by atoms with Crippen LogP contribution in [0.4, 0.5) is 23.0 Å². The van der Waals surface area contributed by atoms with Gasteiger partial charge in [0.25, 0.3) is 0 Å². The van der Waals surface area contributed by atoms with Crippen molar-refractivity contribution >= 4 is 39.8 Å². The molecule has 0 radical (unpaired) electrons. The van der Waals surface area contributed by atoms with Crippen LogP contribution in [-0.2, 0) is 4.79 Å². The number of benzene rings is 3. The Labute approximate surface area is 215 Å². The molecule has 8 heteroatoms. The molecule has 1 amide bonds. The molecule has 4 aromatic rings. The van der Waals surface area contributed by atoms with Gasteiger partial charge in [0.2, 0.25) is 11.9 Å². The van der Waals surface area contributed by atoms with Crippen molar-refractivity contribution in [2.24, 2.45) is 0 Å². The van der Waals surface area contributed by atoms with Crippen LogP contribution in [0.25, 0.3) is 22.0 Å². The lowest BCUT2D eigenvalue weighted by Crippen LogP contribution is -2.44. The molecule has 184 valence electrons. The van der Waals surface area contributed by atoms with Crippen molar-refractivity contribution in [1.82, 2.24) is 14.9 Å². The van der Waals surface area contributed by atoms with Crippen LogP contribution in [0.15, 0.2) is 79.5 Å². The molecule has 1 aromatic heterocycles. The Kier molecular flexibility index (Phi) is 6.79. The molecule has 5 rings (SSSR count). The summed E-state index contributed by atoms with van der Waals surface area (Å²) in [4.78, 5) is 25.8. The number of rotatable bonds is 6. The van der Waals surface area contributed by atoms with Crippen molar-refractivity contribution in [3.63, 3.8) is 0 Å².